The molecule has 2 atom stereocenters. The second kappa shape index (κ2) is 5.88. The van der Waals surface area contributed by atoms with Crippen molar-refractivity contribution < 1.29 is 5.11 Å². The lowest BCUT2D eigenvalue weighted by molar-refractivity contribution is 0.0665. The molecule has 1 unspecified atom stereocenters. The summed E-state index contributed by atoms with van der Waals surface area (Å²) in [5, 5.41) is 19.6. The summed E-state index contributed by atoms with van der Waals surface area (Å²) in [7, 11) is 0. The minimum Gasteiger partial charge on any atom is -0.392 e. The van der Waals surface area contributed by atoms with Crippen LogP contribution in [-0.4, -0.2) is 33.1 Å². The van der Waals surface area contributed by atoms with Crippen molar-refractivity contribution in [2.45, 2.75) is 44.9 Å². The van der Waals surface area contributed by atoms with E-state index < -0.39 is 0 Å². The van der Waals surface area contributed by atoms with E-state index in [0.29, 0.717) is 0 Å². The third kappa shape index (κ3) is 2.55. The monoisotopic (exact) mass is 283 g/mol. The molecule has 0 aromatic carbocycles. The lowest BCUT2D eigenvalue weighted by Crippen LogP contribution is -2.38. The molecule has 2 aromatic heterocycles. The van der Waals surface area contributed by atoms with Gasteiger partial charge in [-0.3, -0.25) is 4.90 Å². The molecule has 0 aliphatic carbocycles. The summed E-state index contributed by atoms with van der Waals surface area (Å²) in [5.41, 5.74) is 2.77. The van der Waals surface area contributed by atoms with Gasteiger partial charge >= 0.3 is 0 Å². The van der Waals surface area contributed by atoms with E-state index >= 15 is 0 Å². The summed E-state index contributed by atoms with van der Waals surface area (Å²) in [6.45, 7) is 3.76. The van der Waals surface area contributed by atoms with Crippen LogP contribution in [0.1, 0.15) is 37.3 Å². The van der Waals surface area contributed by atoms with Crippen molar-refractivity contribution in [2.75, 3.05) is 6.54 Å². The van der Waals surface area contributed by atoms with Gasteiger partial charge in [-0.25, -0.2) is 0 Å². The zero-order valence-electron chi connectivity index (χ0n) is 12.4. The highest BCUT2D eigenvalue weighted by Crippen LogP contribution is 2.26. The summed E-state index contributed by atoms with van der Waals surface area (Å²) in [5.74, 6) is 0. The summed E-state index contributed by atoms with van der Waals surface area (Å²) in [6, 6.07) is 8.47. The largest absolute Gasteiger partial charge is 0.392 e. The average molecular weight is 283 g/mol. The van der Waals surface area contributed by atoms with E-state index in [2.05, 4.69) is 11.0 Å². The Morgan fingerprint density at radius 1 is 1.48 bits per heavy atom. The molecule has 2 aromatic rings. The smallest absolute Gasteiger partial charge is 0.102 e. The number of likely N-dealkylation sites (tertiary alicyclic amines) is 1. The molecule has 1 saturated heterocycles. The third-order valence-corrected chi connectivity index (χ3v) is 4.52. The zero-order chi connectivity index (χ0) is 14.8. The number of pyridine rings is 1. The molecular weight excluding hydrogens is 262 g/mol. The van der Waals surface area contributed by atoms with Crippen LogP contribution in [0.5, 0.6) is 0 Å². The number of nitriles is 1. The quantitative estimate of drug-likeness (QED) is 0.938. The highest BCUT2D eigenvalue weighted by molar-refractivity contribution is 5.65. The molecule has 21 heavy (non-hydrogen) atoms. The maximum atomic E-state index is 10.2. The molecule has 1 aliphatic heterocycles. The van der Waals surface area contributed by atoms with Crippen molar-refractivity contribution in [1.29, 1.82) is 5.26 Å². The van der Waals surface area contributed by atoms with E-state index in [-0.39, 0.29) is 12.1 Å². The van der Waals surface area contributed by atoms with E-state index in [1.807, 2.05) is 41.9 Å². The van der Waals surface area contributed by atoms with Crippen LogP contribution >= 0.6 is 0 Å². The number of fused-ring (bicyclic) bond motifs is 1. The molecule has 3 heterocycles. The normalized spacial score (nSPS) is 20.7. The maximum absolute atomic E-state index is 10.2. The molecule has 4 nitrogen and oxygen atoms in total. The van der Waals surface area contributed by atoms with E-state index in [1.165, 1.54) is 0 Å². The fourth-order valence-corrected chi connectivity index (χ4v) is 3.40. The minimum absolute atomic E-state index is 0.226. The van der Waals surface area contributed by atoms with Crippen LogP contribution in [-0.2, 0) is 6.54 Å². The number of hydrogen-bond acceptors (Lipinski definition) is 3. The number of aromatic nitrogens is 1. The molecule has 0 saturated carbocycles. The molecule has 0 spiro atoms. The fourth-order valence-electron chi connectivity index (χ4n) is 3.40. The number of hydrogen-bond donors (Lipinski definition) is 1. The number of nitrogens with zero attached hydrogens (tertiary/aromatic N) is 3. The van der Waals surface area contributed by atoms with Crippen molar-refractivity contribution in [3.63, 3.8) is 0 Å². The van der Waals surface area contributed by atoms with Crippen LogP contribution < -0.4 is 0 Å². The lowest BCUT2D eigenvalue weighted by Gasteiger charge is -2.27. The Morgan fingerprint density at radius 2 is 2.33 bits per heavy atom. The second-order valence-electron chi connectivity index (χ2n) is 5.79. The van der Waals surface area contributed by atoms with Gasteiger partial charge in [-0.15, -0.1) is 0 Å². The van der Waals surface area contributed by atoms with Crippen molar-refractivity contribution in [1.82, 2.24) is 9.30 Å². The van der Waals surface area contributed by atoms with Crippen LogP contribution in [0.15, 0.2) is 30.6 Å². The molecule has 0 bridgehead atoms. The first-order chi connectivity index (χ1) is 10.2. The topological polar surface area (TPSA) is 51.7 Å². The number of aliphatic hydroxyl groups excluding tert-OH is 1. The van der Waals surface area contributed by atoms with Gasteiger partial charge in [0.05, 0.1) is 17.2 Å². The lowest BCUT2D eigenvalue weighted by atomic mass is 10.1. The molecule has 0 radical (unpaired) electrons. The number of aliphatic hydroxyl groups is 1. The zero-order valence-corrected chi connectivity index (χ0v) is 12.4. The molecule has 3 rings (SSSR count). The molecular formula is C17H21N3O. The predicted molar refractivity (Wildman–Crippen MR) is 81.8 cm³/mol. The first kappa shape index (κ1) is 14.1. The van der Waals surface area contributed by atoms with Gasteiger partial charge in [0.25, 0.3) is 0 Å². The Hall–Kier alpha value is -1.83. The van der Waals surface area contributed by atoms with E-state index in [9.17, 15) is 10.4 Å². The standard InChI is InChI=1S/C17H21N3O/c1-2-17(21)16-7-5-9-20(16)12-13-11-19-8-4-3-6-15(19)14(13)10-18/h3-4,6,8,11,16-17,21H,2,5,7,9,12H2,1H3/t16-,17?/m0/s1. The van der Waals surface area contributed by atoms with Crippen LogP contribution in [0.3, 0.4) is 0 Å². The van der Waals surface area contributed by atoms with Crippen molar-refractivity contribution >= 4 is 5.52 Å². The van der Waals surface area contributed by atoms with Gasteiger partial charge in [-0.2, -0.15) is 5.26 Å². The van der Waals surface area contributed by atoms with Crippen LogP contribution in [0.4, 0.5) is 0 Å². The third-order valence-electron chi connectivity index (χ3n) is 4.52. The van der Waals surface area contributed by atoms with Crippen LogP contribution in [0, 0.1) is 11.3 Å². The Labute approximate surface area is 125 Å². The maximum Gasteiger partial charge on any atom is 0.102 e. The summed E-state index contributed by atoms with van der Waals surface area (Å²) in [6.07, 6.45) is 6.70. The minimum atomic E-state index is -0.268. The first-order valence-corrected chi connectivity index (χ1v) is 7.65. The first-order valence-electron chi connectivity index (χ1n) is 7.65. The number of rotatable bonds is 4. The van der Waals surface area contributed by atoms with Gasteiger partial charge in [-0.05, 0) is 37.9 Å². The van der Waals surface area contributed by atoms with Crippen molar-refractivity contribution in [2.24, 2.45) is 0 Å². The predicted octanol–water partition coefficient (Wildman–Crippen LogP) is 2.55. The van der Waals surface area contributed by atoms with Crippen LogP contribution in [0.25, 0.3) is 5.52 Å². The Bertz CT molecular complexity index is 670. The van der Waals surface area contributed by atoms with Gasteiger partial charge in [-0.1, -0.05) is 13.0 Å². The van der Waals surface area contributed by atoms with Crippen molar-refractivity contribution in [3.8, 4) is 6.07 Å². The molecule has 0 amide bonds. The fraction of sp³-hybridized carbons (Fsp3) is 0.471. The molecule has 110 valence electrons. The highest BCUT2D eigenvalue weighted by Gasteiger charge is 2.30. The van der Waals surface area contributed by atoms with Crippen LogP contribution in [0.2, 0.25) is 0 Å². The van der Waals surface area contributed by atoms with Gasteiger partial charge in [0, 0.05) is 30.5 Å². The average Bonchev–Trinajstić information content (AvgIpc) is 3.10. The Kier molecular flexibility index (Phi) is 3.96. The van der Waals surface area contributed by atoms with Gasteiger partial charge in [0.1, 0.15) is 6.07 Å². The summed E-state index contributed by atoms with van der Waals surface area (Å²) < 4.78 is 2.01. The molecule has 4 heteroatoms. The van der Waals surface area contributed by atoms with Crippen molar-refractivity contribution in [3.05, 3.63) is 41.7 Å². The second-order valence-corrected chi connectivity index (χ2v) is 5.79. The SMILES string of the molecule is CCC(O)[C@@H]1CCCN1Cc1cn2ccccc2c1C#N. The van der Waals surface area contributed by atoms with E-state index in [1.54, 1.807) is 0 Å². The molecule has 1 fully saturated rings. The van der Waals surface area contributed by atoms with E-state index in [4.69, 9.17) is 0 Å². The van der Waals surface area contributed by atoms with E-state index in [0.717, 1.165) is 49.0 Å². The van der Waals surface area contributed by atoms with Gasteiger partial charge in [0.2, 0.25) is 0 Å². The highest BCUT2D eigenvalue weighted by atomic mass is 16.3. The molecule has 1 N–H and O–H groups in total. The van der Waals surface area contributed by atoms with Gasteiger partial charge < -0.3 is 9.51 Å². The van der Waals surface area contributed by atoms with Gasteiger partial charge in [0.15, 0.2) is 0 Å². The Morgan fingerprint density at radius 3 is 3.10 bits per heavy atom. The summed E-state index contributed by atoms with van der Waals surface area (Å²) in [4.78, 5) is 2.32. The summed E-state index contributed by atoms with van der Waals surface area (Å²) >= 11 is 0. The molecule has 1 aliphatic rings. The Balaban J connectivity index is 1.89.